The van der Waals surface area contributed by atoms with Crippen molar-refractivity contribution in [1.29, 1.82) is 0 Å². The van der Waals surface area contributed by atoms with Crippen molar-refractivity contribution in [2.24, 2.45) is 5.92 Å². The van der Waals surface area contributed by atoms with E-state index in [1.807, 2.05) is 20.8 Å². The third-order valence-corrected chi connectivity index (χ3v) is 8.04. The number of aromatic nitrogens is 2. The van der Waals surface area contributed by atoms with Crippen molar-refractivity contribution in [2.75, 3.05) is 6.54 Å². The Hall–Kier alpha value is -3.42. The first-order chi connectivity index (χ1) is 19.3. The van der Waals surface area contributed by atoms with Crippen molar-refractivity contribution in [2.45, 2.75) is 102 Å². The van der Waals surface area contributed by atoms with Crippen LogP contribution in [0.25, 0.3) is 0 Å². The number of carboxylic acid groups (broad SMARTS) is 1. The van der Waals surface area contributed by atoms with Gasteiger partial charge in [0.1, 0.15) is 12.1 Å². The van der Waals surface area contributed by atoms with Gasteiger partial charge in [-0.25, -0.2) is 4.98 Å². The molecule has 1 aromatic rings. The maximum Gasteiger partial charge on any atom is 0.305 e. The highest BCUT2D eigenvalue weighted by Gasteiger charge is 2.28. The van der Waals surface area contributed by atoms with Crippen LogP contribution in [0.4, 0.5) is 0 Å². The van der Waals surface area contributed by atoms with E-state index in [4.69, 9.17) is 5.11 Å². The summed E-state index contributed by atoms with van der Waals surface area (Å²) in [4.78, 5) is 81.3. The fourth-order valence-corrected chi connectivity index (χ4v) is 4.85. The number of aromatic amines is 1. The van der Waals surface area contributed by atoms with Crippen LogP contribution in [0, 0.1) is 5.92 Å². The molecule has 14 heteroatoms. The molecule has 0 saturated carbocycles. The van der Waals surface area contributed by atoms with Crippen LogP contribution in [0.15, 0.2) is 12.5 Å². The van der Waals surface area contributed by atoms with Crippen molar-refractivity contribution < 1.29 is 33.9 Å². The monoisotopic (exact) mass is 596 g/mol. The van der Waals surface area contributed by atoms with E-state index in [9.17, 15) is 28.8 Å². The van der Waals surface area contributed by atoms with Gasteiger partial charge in [-0.05, 0) is 26.7 Å². The maximum atomic E-state index is 13.1. The van der Waals surface area contributed by atoms with E-state index in [1.165, 1.54) is 25.0 Å². The normalized spacial score (nSPS) is 15.4. The van der Waals surface area contributed by atoms with Crippen LogP contribution in [0.1, 0.15) is 72.9 Å². The number of amides is 4. The van der Waals surface area contributed by atoms with Crippen molar-refractivity contribution in [3.05, 3.63) is 18.2 Å². The number of thioether (sulfide) groups is 1. The molecule has 4 amide bonds. The summed E-state index contributed by atoms with van der Waals surface area (Å²) in [5, 5.41) is 18.8. The van der Waals surface area contributed by atoms with E-state index < -0.39 is 53.0 Å². The molecule has 41 heavy (non-hydrogen) atoms. The number of Topliss-reactive ketones (excluding diaryl/α,β-unsaturated/α-hetero) is 1. The highest BCUT2D eigenvalue weighted by Crippen LogP contribution is 2.23. The molecule has 0 fully saturated rings. The van der Waals surface area contributed by atoms with Crippen molar-refractivity contribution in [1.82, 2.24) is 31.2 Å². The standard InChI is InChI=1S/C27H44N6O7S/c1-7-15(3)24(37)17(5)31-25(38)18(6)32-26(39)20(11-19-13-28-14-30-19)33-22(34)9-10-29-27(40)21(12-23(35)36)41-16(4)8-2/h13-18,20-21H,7-12H2,1-6H3,(H,28,30)(H,29,40)(H,31,38)(H,32,39)(H,33,34)(H,35,36)/t15?,16?,17-,18-,20-,21?/m0/s1. The van der Waals surface area contributed by atoms with Crippen LogP contribution in [0.3, 0.4) is 0 Å². The largest absolute Gasteiger partial charge is 0.481 e. The van der Waals surface area contributed by atoms with Gasteiger partial charge in [0, 0.05) is 36.8 Å². The number of carbonyl (C=O) groups is 6. The molecule has 0 bridgehead atoms. The van der Waals surface area contributed by atoms with E-state index in [2.05, 4.69) is 31.2 Å². The molecule has 0 spiro atoms. The quantitative estimate of drug-likeness (QED) is 0.134. The Balaban J connectivity index is 2.76. The number of carboxylic acids is 1. The van der Waals surface area contributed by atoms with Crippen LogP contribution in [0.5, 0.6) is 0 Å². The summed E-state index contributed by atoms with van der Waals surface area (Å²) in [7, 11) is 0. The fourth-order valence-electron chi connectivity index (χ4n) is 3.66. The van der Waals surface area contributed by atoms with E-state index in [1.54, 1.807) is 20.0 Å². The lowest BCUT2D eigenvalue weighted by atomic mass is 9.98. The van der Waals surface area contributed by atoms with Crippen LogP contribution in [-0.4, -0.2) is 85.6 Å². The summed E-state index contributed by atoms with van der Waals surface area (Å²) in [5.41, 5.74) is 0.502. The number of hydrogen-bond acceptors (Lipinski definition) is 8. The zero-order valence-corrected chi connectivity index (χ0v) is 25.4. The van der Waals surface area contributed by atoms with Crippen molar-refractivity contribution in [3.8, 4) is 0 Å². The van der Waals surface area contributed by atoms with E-state index in [0.29, 0.717) is 12.1 Å². The molecular weight excluding hydrogens is 552 g/mol. The first kappa shape index (κ1) is 35.6. The summed E-state index contributed by atoms with van der Waals surface area (Å²) >= 11 is 1.26. The van der Waals surface area contributed by atoms with Gasteiger partial charge < -0.3 is 31.4 Å². The van der Waals surface area contributed by atoms with Crippen LogP contribution < -0.4 is 21.3 Å². The summed E-state index contributed by atoms with van der Waals surface area (Å²) in [6.45, 7) is 10.5. The van der Waals surface area contributed by atoms with Gasteiger partial charge >= 0.3 is 5.97 Å². The van der Waals surface area contributed by atoms with E-state index >= 15 is 0 Å². The smallest absolute Gasteiger partial charge is 0.305 e. The Bertz CT molecular complexity index is 1040. The Morgan fingerprint density at radius 1 is 0.927 bits per heavy atom. The number of H-pyrrole nitrogens is 1. The first-order valence-electron chi connectivity index (χ1n) is 13.8. The highest BCUT2D eigenvalue weighted by molar-refractivity contribution is 8.01. The second-order valence-electron chi connectivity index (χ2n) is 10.0. The minimum atomic E-state index is -1.09. The molecule has 3 unspecified atom stereocenters. The number of rotatable bonds is 19. The van der Waals surface area contributed by atoms with E-state index in [-0.39, 0.29) is 42.8 Å². The maximum absolute atomic E-state index is 13.1. The third kappa shape index (κ3) is 13.2. The lowest BCUT2D eigenvalue weighted by molar-refractivity contribution is -0.138. The van der Waals surface area contributed by atoms with Crippen LogP contribution in [0.2, 0.25) is 0 Å². The molecule has 0 aliphatic rings. The summed E-state index contributed by atoms with van der Waals surface area (Å²) < 4.78 is 0. The highest BCUT2D eigenvalue weighted by atomic mass is 32.2. The Labute approximate surface area is 245 Å². The van der Waals surface area contributed by atoms with Gasteiger partial charge in [-0.15, -0.1) is 11.8 Å². The zero-order valence-electron chi connectivity index (χ0n) is 24.6. The molecule has 6 N–H and O–H groups in total. The minimum absolute atomic E-state index is 0.0386. The number of carbonyl (C=O) groups excluding carboxylic acids is 5. The predicted molar refractivity (Wildman–Crippen MR) is 155 cm³/mol. The number of imidazole rings is 1. The predicted octanol–water partition coefficient (Wildman–Crippen LogP) is 0.943. The number of hydrogen-bond donors (Lipinski definition) is 6. The minimum Gasteiger partial charge on any atom is -0.481 e. The van der Waals surface area contributed by atoms with Gasteiger partial charge in [-0.2, -0.15) is 0 Å². The van der Waals surface area contributed by atoms with Gasteiger partial charge in [0.25, 0.3) is 0 Å². The average molecular weight is 597 g/mol. The lowest BCUT2D eigenvalue weighted by Gasteiger charge is -2.23. The van der Waals surface area contributed by atoms with Gasteiger partial charge in [-0.3, -0.25) is 28.8 Å². The molecule has 1 aromatic heterocycles. The van der Waals surface area contributed by atoms with Crippen LogP contribution >= 0.6 is 11.8 Å². The fraction of sp³-hybridized carbons (Fsp3) is 0.667. The second-order valence-corrected chi connectivity index (χ2v) is 11.7. The van der Waals surface area contributed by atoms with Gasteiger partial charge in [-0.1, -0.05) is 27.7 Å². The number of ketones is 1. The molecule has 1 rings (SSSR count). The molecule has 0 radical (unpaired) electrons. The average Bonchev–Trinajstić information content (AvgIpc) is 3.43. The summed E-state index contributed by atoms with van der Waals surface area (Å²) in [6.07, 6.45) is 3.96. The Morgan fingerprint density at radius 3 is 2.15 bits per heavy atom. The molecule has 0 aliphatic heterocycles. The van der Waals surface area contributed by atoms with Gasteiger partial charge in [0.05, 0.1) is 29.7 Å². The number of aliphatic carboxylic acids is 1. The number of nitrogens with zero attached hydrogens (tertiary/aromatic N) is 1. The molecule has 1 heterocycles. The molecule has 6 atom stereocenters. The molecule has 0 aromatic carbocycles. The number of nitrogens with one attached hydrogen (secondary N) is 5. The van der Waals surface area contributed by atoms with Gasteiger partial charge in [0.2, 0.25) is 23.6 Å². The molecule has 230 valence electrons. The summed E-state index contributed by atoms with van der Waals surface area (Å²) in [6, 6.07) is -2.77. The van der Waals surface area contributed by atoms with Gasteiger partial charge in [0.15, 0.2) is 5.78 Å². The van der Waals surface area contributed by atoms with Crippen molar-refractivity contribution in [3.63, 3.8) is 0 Å². The summed E-state index contributed by atoms with van der Waals surface area (Å²) in [5.74, 6) is -3.59. The third-order valence-electron chi connectivity index (χ3n) is 6.53. The lowest BCUT2D eigenvalue weighted by Crippen LogP contribution is -2.55. The molecule has 0 aliphatic carbocycles. The topological polar surface area (TPSA) is 199 Å². The zero-order chi connectivity index (χ0) is 31.1. The molecule has 0 saturated heterocycles. The van der Waals surface area contributed by atoms with E-state index in [0.717, 1.165) is 6.42 Å². The Morgan fingerprint density at radius 2 is 1.59 bits per heavy atom. The molecule has 13 nitrogen and oxygen atoms in total. The SMILES string of the molecule is CCC(C)SC(CC(=O)O)C(=O)NCCC(=O)N[C@@H](Cc1c[nH]cn1)C(=O)N[C@@H](C)C(=O)N[C@@H](C)C(=O)C(C)CC. The first-order valence-corrected chi connectivity index (χ1v) is 14.8. The second kappa shape index (κ2) is 18.1. The van der Waals surface area contributed by atoms with Crippen LogP contribution in [-0.2, 0) is 35.2 Å². The van der Waals surface area contributed by atoms with Crippen molar-refractivity contribution >= 4 is 47.1 Å². The molecular formula is C27H44N6O7S. The Kier molecular flexibility index (Phi) is 15.7.